The van der Waals surface area contributed by atoms with Crippen LogP contribution in [0.2, 0.25) is 0 Å². The van der Waals surface area contributed by atoms with Gasteiger partial charge in [0.15, 0.2) is 0 Å². The van der Waals surface area contributed by atoms with E-state index >= 15 is 0 Å². The first kappa shape index (κ1) is 13.5. The fourth-order valence-corrected chi connectivity index (χ4v) is 2.65. The first-order chi connectivity index (χ1) is 8.72. The van der Waals surface area contributed by atoms with Crippen molar-refractivity contribution in [3.63, 3.8) is 0 Å². The lowest BCUT2D eigenvalue weighted by atomic mass is 9.84. The van der Waals surface area contributed by atoms with Gasteiger partial charge in [0.2, 0.25) is 0 Å². The molecule has 5 heteroatoms. The molecule has 1 aromatic rings. The summed E-state index contributed by atoms with van der Waals surface area (Å²) in [6.07, 6.45) is 3.79. The highest BCUT2D eigenvalue weighted by Crippen LogP contribution is 2.26. The molecule has 1 aliphatic heterocycles. The molecule has 1 N–H and O–H groups in total. The number of rotatable bonds is 5. The van der Waals surface area contributed by atoms with Crippen LogP contribution in [0.25, 0.3) is 0 Å². The van der Waals surface area contributed by atoms with Crippen LogP contribution in [-0.2, 0) is 17.7 Å². The minimum atomic E-state index is -0.344. The van der Waals surface area contributed by atoms with Gasteiger partial charge in [-0.25, -0.2) is 4.98 Å². The summed E-state index contributed by atoms with van der Waals surface area (Å²) in [6, 6.07) is 0. The van der Waals surface area contributed by atoms with Crippen LogP contribution in [0.1, 0.15) is 32.5 Å². The van der Waals surface area contributed by atoms with Gasteiger partial charge in [-0.05, 0) is 24.7 Å². The van der Waals surface area contributed by atoms with E-state index in [-0.39, 0.29) is 6.10 Å². The molecule has 0 saturated carbocycles. The molecule has 102 valence electrons. The molecular formula is C13H23N3O2. The zero-order chi connectivity index (χ0) is 13.0. The van der Waals surface area contributed by atoms with Gasteiger partial charge in [0.05, 0.1) is 6.10 Å². The van der Waals surface area contributed by atoms with Crippen molar-refractivity contribution in [1.29, 1.82) is 0 Å². The van der Waals surface area contributed by atoms with Crippen LogP contribution < -0.4 is 0 Å². The zero-order valence-corrected chi connectivity index (χ0v) is 11.2. The number of nitrogens with zero attached hydrogens (tertiary/aromatic N) is 3. The summed E-state index contributed by atoms with van der Waals surface area (Å²) in [7, 11) is 0. The first-order valence-electron chi connectivity index (χ1n) is 6.84. The number of aryl methyl sites for hydroxylation is 1. The molecule has 0 radical (unpaired) electrons. The maximum absolute atomic E-state index is 10.4. The quantitative estimate of drug-likeness (QED) is 0.858. The van der Waals surface area contributed by atoms with E-state index in [1.165, 1.54) is 0 Å². The molecule has 0 aliphatic carbocycles. The molecule has 0 amide bonds. The average molecular weight is 253 g/mol. The Morgan fingerprint density at radius 1 is 1.61 bits per heavy atom. The molecule has 0 bridgehead atoms. The molecule has 2 heterocycles. The van der Waals surface area contributed by atoms with Crippen molar-refractivity contribution in [2.75, 3.05) is 13.2 Å². The van der Waals surface area contributed by atoms with Crippen molar-refractivity contribution in [2.24, 2.45) is 11.8 Å². The molecule has 1 aromatic heterocycles. The first-order valence-corrected chi connectivity index (χ1v) is 6.84. The molecule has 18 heavy (non-hydrogen) atoms. The van der Waals surface area contributed by atoms with Gasteiger partial charge >= 0.3 is 0 Å². The summed E-state index contributed by atoms with van der Waals surface area (Å²) in [4.78, 5) is 4.26. The second-order valence-corrected chi connectivity index (χ2v) is 5.18. The second kappa shape index (κ2) is 6.29. The van der Waals surface area contributed by atoms with E-state index in [1.54, 1.807) is 6.33 Å². The minimum Gasteiger partial charge on any atom is -0.392 e. The predicted octanol–water partition coefficient (Wildman–Crippen LogP) is 1.26. The molecule has 0 aromatic carbocycles. The average Bonchev–Trinajstić information content (AvgIpc) is 2.78. The van der Waals surface area contributed by atoms with Crippen molar-refractivity contribution in [3.05, 3.63) is 12.2 Å². The number of hydrogen-bond donors (Lipinski definition) is 1. The van der Waals surface area contributed by atoms with Crippen LogP contribution in [-0.4, -0.2) is 39.2 Å². The van der Waals surface area contributed by atoms with Crippen molar-refractivity contribution in [1.82, 2.24) is 14.8 Å². The topological polar surface area (TPSA) is 60.2 Å². The van der Waals surface area contributed by atoms with Crippen LogP contribution in [0.4, 0.5) is 0 Å². The summed E-state index contributed by atoms with van der Waals surface area (Å²) in [6.45, 7) is 6.63. The lowest BCUT2D eigenvalue weighted by Crippen LogP contribution is -2.36. The molecule has 1 fully saturated rings. The fourth-order valence-electron chi connectivity index (χ4n) is 2.65. The number of aliphatic hydroxyl groups is 1. The van der Waals surface area contributed by atoms with Crippen molar-refractivity contribution in [2.45, 2.75) is 45.8 Å². The highest BCUT2D eigenvalue weighted by atomic mass is 16.5. The Labute approximate surface area is 108 Å². The third kappa shape index (κ3) is 3.09. The number of hydrogen-bond acceptors (Lipinski definition) is 4. The predicted molar refractivity (Wildman–Crippen MR) is 68.1 cm³/mol. The van der Waals surface area contributed by atoms with Gasteiger partial charge in [-0.2, -0.15) is 5.10 Å². The molecule has 0 spiro atoms. The van der Waals surface area contributed by atoms with Gasteiger partial charge in [0.1, 0.15) is 12.2 Å². The van der Waals surface area contributed by atoms with E-state index in [9.17, 15) is 5.11 Å². The third-order valence-corrected chi connectivity index (χ3v) is 3.72. The highest BCUT2D eigenvalue weighted by Gasteiger charge is 2.29. The Balaban J connectivity index is 1.97. The lowest BCUT2D eigenvalue weighted by Gasteiger charge is -2.32. The van der Waals surface area contributed by atoms with Crippen molar-refractivity contribution >= 4 is 0 Å². The third-order valence-electron chi connectivity index (χ3n) is 3.72. The van der Waals surface area contributed by atoms with E-state index < -0.39 is 0 Å². The van der Waals surface area contributed by atoms with Crippen molar-refractivity contribution < 1.29 is 9.84 Å². The maximum Gasteiger partial charge on any atom is 0.138 e. The van der Waals surface area contributed by atoms with Crippen molar-refractivity contribution in [3.8, 4) is 0 Å². The van der Waals surface area contributed by atoms with Gasteiger partial charge in [-0.1, -0.05) is 13.8 Å². The van der Waals surface area contributed by atoms with Crippen LogP contribution in [0.5, 0.6) is 0 Å². The Kier molecular flexibility index (Phi) is 4.72. The minimum absolute atomic E-state index is 0.311. The van der Waals surface area contributed by atoms with E-state index in [1.807, 2.05) is 4.68 Å². The molecule has 5 nitrogen and oxygen atoms in total. The molecule has 3 atom stereocenters. The molecule has 3 unspecified atom stereocenters. The van der Waals surface area contributed by atoms with Gasteiger partial charge in [0.25, 0.3) is 0 Å². The highest BCUT2D eigenvalue weighted by molar-refractivity contribution is 4.91. The molecular weight excluding hydrogens is 230 g/mol. The van der Waals surface area contributed by atoms with Gasteiger partial charge in [-0.3, -0.25) is 4.68 Å². The number of aliphatic hydroxyl groups excluding tert-OH is 1. The molecule has 2 rings (SSSR count). The summed E-state index contributed by atoms with van der Waals surface area (Å²) in [5, 5.41) is 14.6. The Hall–Kier alpha value is -0.940. The Bertz CT molecular complexity index is 367. The smallest absolute Gasteiger partial charge is 0.138 e. The molecule has 1 saturated heterocycles. The Morgan fingerprint density at radius 3 is 3.17 bits per heavy atom. The van der Waals surface area contributed by atoms with Crippen LogP contribution in [0, 0.1) is 11.8 Å². The SMILES string of the molecule is CCCn1ncnc1CC(O)C1CCOCC1C. The normalized spacial score (nSPS) is 26.2. The van der Waals surface area contributed by atoms with E-state index in [2.05, 4.69) is 23.9 Å². The van der Waals surface area contributed by atoms with Gasteiger partial charge in [-0.15, -0.1) is 0 Å². The lowest BCUT2D eigenvalue weighted by molar-refractivity contribution is -0.0303. The molecule has 1 aliphatic rings. The number of ether oxygens (including phenoxy) is 1. The largest absolute Gasteiger partial charge is 0.392 e. The standard InChI is InChI=1S/C13H23N3O2/c1-3-5-16-13(14-9-15-16)7-12(17)11-4-6-18-8-10(11)2/h9-12,17H,3-8H2,1-2H3. The zero-order valence-electron chi connectivity index (χ0n) is 11.2. The second-order valence-electron chi connectivity index (χ2n) is 5.18. The van der Waals surface area contributed by atoms with Crippen LogP contribution in [0.15, 0.2) is 6.33 Å². The Morgan fingerprint density at radius 2 is 2.44 bits per heavy atom. The van der Waals surface area contributed by atoms with Crippen LogP contribution >= 0.6 is 0 Å². The van der Waals surface area contributed by atoms with E-state index in [0.717, 1.165) is 38.4 Å². The van der Waals surface area contributed by atoms with E-state index in [4.69, 9.17) is 4.74 Å². The van der Waals surface area contributed by atoms with Gasteiger partial charge < -0.3 is 9.84 Å². The summed E-state index contributed by atoms with van der Waals surface area (Å²) in [5.74, 6) is 1.62. The summed E-state index contributed by atoms with van der Waals surface area (Å²) < 4.78 is 7.31. The monoisotopic (exact) mass is 253 g/mol. The summed E-state index contributed by atoms with van der Waals surface area (Å²) in [5.41, 5.74) is 0. The summed E-state index contributed by atoms with van der Waals surface area (Å²) >= 11 is 0. The maximum atomic E-state index is 10.4. The van der Waals surface area contributed by atoms with E-state index in [0.29, 0.717) is 18.3 Å². The number of aromatic nitrogens is 3. The van der Waals surface area contributed by atoms with Gasteiger partial charge in [0, 0.05) is 26.2 Å². The van der Waals surface area contributed by atoms with Crippen LogP contribution in [0.3, 0.4) is 0 Å². The fraction of sp³-hybridized carbons (Fsp3) is 0.846.